The van der Waals surface area contributed by atoms with Crippen molar-refractivity contribution in [2.45, 2.75) is 44.3 Å². The molecule has 74 valence electrons. The van der Waals surface area contributed by atoms with Gasteiger partial charge < -0.3 is 10.2 Å². The van der Waals surface area contributed by atoms with Crippen LogP contribution < -0.4 is 0 Å². The maximum absolute atomic E-state index is 11.1. The molecule has 1 rings (SSSR count). The summed E-state index contributed by atoms with van der Waals surface area (Å²) in [6.07, 6.45) is 3.17. The molecule has 4 heteroatoms. The third-order valence-electron chi connectivity index (χ3n) is 2.34. The summed E-state index contributed by atoms with van der Waals surface area (Å²) in [7, 11) is 0. The first-order chi connectivity index (χ1) is 6.05. The van der Waals surface area contributed by atoms with Crippen LogP contribution in [0.1, 0.15) is 38.5 Å². The third-order valence-corrected chi connectivity index (χ3v) is 2.34. The molecule has 0 bridgehead atoms. The molecule has 0 radical (unpaired) electrons. The SMILES string of the molecule is O=C1CCCCCCC(=O)C1(O)O. The average Bonchev–Trinajstić information content (AvgIpc) is 2.12. The number of Topliss-reactive ketones (excluding diaryl/α,β-unsaturated/α-hetero) is 2. The zero-order chi connectivity index (χ0) is 9.90. The van der Waals surface area contributed by atoms with Crippen molar-refractivity contribution in [2.24, 2.45) is 0 Å². The number of carbonyl (C=O) groups is 2. The second-order valence-corrected chi connectivity index (χ2v) is 3.43. The molecule has 1 aliphatic carbocycles. The Bertz CT molecular complexity index is 198. The summed E-state index contributed by atoms with van der Waals surface area (Å²) in [6.45, 7) is 0. The van der Waals surface area contributed by atoms with Crippen LogP contribution in [0.5, 0.6) is 0 Å². The highest BCUT2D eigenvalue weighted by Crippen LogP contribution is 2.17. The summed E-state index contributed by atoms with van der Waals surface area (Å²) in [5, 5.41) is 18.4. The Labute approximate surface area is 76.6 Å². The first-order valence-electron chi connectivity index (χ1n) is 4.56. The van der Waals surface area contributed by atoms with E-state index < -0.39 is 17.4 Å². The van der Waals surface area contributed by atoms with E-state index in [0.29, 0.717) is 12.8 Å². The second kappa shape index (κ2) is 3.98. The highest BCUT2D eigenvalue weighted by molar-refractivity contribution is 6.08. The second-order valence-electron chi connectivity index (χ2n) is 3.43. The van der Waals surface area contributed by atoms with E-state index in [0.717, 1.165) is 12.8 Å². The van der Waals surface area contributed by atoms with Crippen LogP contribution >= 0.6 is 0 Å². The van der Waals surface area contributed by atoms with Crippen molar-refractivity contribution >= 4 is 11.6 Å². The van der Waals surface area contributed by atoms with Crippen LogP contribution in [0.15, 0.2) is 0 Å². The monoisotopic (exact) mass is 186 g/mol. The molecule has 1 fully saturated rings. The summed E-state index contributed by atoms with van der Waals surface area (Å²) >= 11 is 0. The Hall–Kier alpha value is -0.740. The van der Waals surface area contributed by atoms with Gasteiger partial charge in [0, 0.05) is 12.8 Å². The van der Waals surface area contributed by atoms with Crippen LogP contribution in [0.2, 0.25) is 0 Å². The van der Waals surface area contributed by atoms with Gasteiger partial charge in [-0.05, 0) is 12.8 Å². The van der Waals surface area contributed by atoms with Crippen LogP contribution in [-0.2, 0) is 9.59 Å². The predicted molar refractivity (Wildman–Crippen MR) is 44.9 cm³/mol. The van der Waals surface area contributed by atoms with E-state index >= 15 is 0 Å². The van der Waals surface area contributed by atoms with Gasteiger partial charge in [-0.15, -0.1) is 0 Å². The van der Waals surface area contributed by atoms with E-state index in [1.807, 2.05) is 0 Å². The van der Waals surface area contributed by atoms with Crippen molar-refractivity contribution in [3.05, 3.63) is 0 Å². The molecule has 0 aromatic heterocycles. The summed E-state index contributed by atoms with van der Waals surface area (Å²) in [4.78, 5) is 22.3. The van der Waals surface area contributed by atoms with Gasteiger partial charge in [-0.1, -0.05) is 12.8 Å². The molecule has 0 aliphatic heterocycles. The fraction of sp³-hybridized carbons (Fsp3) is 0.778. The van der Waals surface area contributed by atoms with Gasteiger partial charge >= 0.3 is 0 Å². The van der Waals surface area contributed by atoms with Crippen molar-refractivity contribution in [3.8, 4) is 0 Å². The van der Waals surface area contributed by atoms with Gasteiger partial charge in [0.2, 0.25) is 0 Å². The van der Waals surface area contributed by atoms with E-state index in [-0.39, 0.29) is 12.8 Å². The molecular weight excluding hydrogens is 172 g/mol. The Morgan fingerprint density at radius 1 is 0.846 bits per heavy atom. The topological polar surface area (TPSA) is 74.6 Å². The largest absolute Gasteiger partial charge is 0.354 e. The molecule has 0 unspecified atom stereocenters. The molecule has 0 saturated heterocycles. The molecule has 1 saturated carbocycles. The minimum absolute atomic E-state index is 0.0821. The molecule has 4 nitrogen and oxygen atoms in total. The summed E-state index contributed by atoms with van der Waals surface area (Å²) in [5.74, 6) is -4.25. The number of carbonyl (C=O) groups excluding carboxylic acids is 2. The lowest BCUT2D eigenvalue weighted by Crippen LogP contribution is -2.46. The number of hydrogen-bond acceptors (Lipinski definition) is 4. The molecule has 1 aliphatic rings. The highest BCUT2D eigenvalue weighted by Gasteiger charge is 2.40. The van der Waals surface area contributed by atoms with Gasteiger partial charge in [-0.25, -0.2) is 0 Å². The van der Waals surface area contributed by atoms with Gasteiger partial charge in [0.05, 0.1) is 0 Å². The molecule has 0 aromatic rings. The van der Waals surface area contributed by atoms with Crippen molar-refractivity contribution in [2.75, 3.05) is 0 Å². The van der Waals surface area contributed by atoms with Crippen LogP contribution in [0.25, 0.3) is 0 Å². The van der Waals surface area contributed by atoms with E-state index in [9.17, 15) is 19.8 Å². The molecular formula is C9H14O4. The van der Waals surface area contributed by atoms with Gasteiger partial charge in [-0.2, -0.15) is 0 Å². The van der Waals surface area contributed by atoms with Crippen LogP contribution in [0, 0.1) is 0 Å². The third kappa shape index (κ3) is 2.35. The minimum atomic E-state index is -2.72. The molecule has 0 amide bonds. The lowest BCUT2D eigenvalue weighted by Gasteiger charge is -2.17. The first-order valence-corrected chi connectivity index (χ1v) is 4.56. The van der Waals surface area contributed by atoms with Gasteiger partial charge in [0.25, 0.3) is 5.79 Å². The van der Waals surface area contributed by atoms with Crippen molar-refractivity contribution in [3.63, 3.8) is 0 Å². The summed E-state index contributed by atoms with van der Waals surface area (Å²) in [5.41, 5.74) is 0. The fourth-order valence-corrected chi connectivity index (χ4v) is 1.43. The summed E-state index contributed by atoms with van der Waals surface area (Å²) < 4.78 is 0. The zero-order valence-electron chi connectivity index (χ0n) is 7.45. The Balaban J connectivity index is 2.74. The molecule has 2 N–H and O–H groups in total. The van der Waals surface area contributed by atoms with Gasteiger partial charge in [0.1, 0.15) is 0 Å². The molecule has 0 spiro atoms. The van der Waals surface area contributed by atoms with Crippen LogP contribution in [0.3, 0.4) is 0 Å². The Morgan fingerprint density at radius 2 is 1.23 bits per heavy atom. The summed E-state index contributed by atoms with van der Waals surface area (Å²) in [6, 6.07) is 0. The van der Waals surface area contributed by atoms with Gasteiger partial charge in [0.15, 0.2) is 11.6 Å². The van der Waals surface area contributed by atoms with Crippen molar-refractivity contribution in [1.82, 2.24) is 0 Å². The zero-order valence-corrected chi connectivity index (χ0v) is 7.45. The lowest BCUT2D eigenvalue weighted by atomic mass is 10.0. The van der Waals surface area contributed by atoms with Crippen LogP contribution in [-0.4, -0.2) is 27.6 Å². The number of hydrogen-bond donors (Lipinski definition) is 2. The quantitative estimate of drug-likeness (QED) is 0.417. The maximum Gasteiger partial charge on any atom is 0.285 e. The number of ketones is 2. The molecule has 13 heavy (non-hydrogen) atoms. The molecule has 0 heterocycles. The first kappa shape index (κ1) is 10.3. The fourth-order valence-electron chi connectivity index (χ4n) is 1.43. The van der Waals surface area contributed by atoms with E-state index in [1.54, 1.807) is 0 Å². The number of rotatable bonds is 0. The van der Waals surface area contributed by atoms with Gasteiger partial charge in [-0.3, -0.25) is 9.59 Å². The maximum atomic E-state index is 11.1. The predicted octanol–water partition coefficient (Wildman–Crippen LogP) is 0.160. The minimum Gasteiger partial charge on any atom is -0.354 e. The lowest BCUT2D eigenvalue weighted by molar-refractivity contribution is -0.189. The molecule has 0 aromatic carbocycles. The van der Waals surface area contributed by atoms with Crippen molar-refractivity contribution in [1.29, 1.82) is 0 Å². The van der Waals surface area contributed by atoms with Crippen molar-refractivity contribution < 1.29 is 19.8 Å². The number of aliphatic hydroxyl groups is 2. The van der Waals surface area contributed by atoms with E-state index in [1.165, 1.54) is 0 Å². The Kier molecular flexibility index (Phi) is 3.17. The smallest absolute Gasteiger partial charge is 0.285 e. The normalized spacial score (nSPS) is 24.8. The standard InChI is InChI=1S/C9H14O4/c10-7-5-3-1-2-4-6-8(11)9(7,12)13/h12-13H,1-6H2. The van der Waals surface area contributed by atoms with E-state index in [2.05, 4.69) is 0 Å². The van der Waals surface area contributed by atoms with Crippen LogP contribution in [0.4, 0.5) is 0 Å². The molecule has 0 atom stereocenters. The Morgan fingerprint density at radius 3 is 1.62 bits per heavy atom. The highest BCUT2D eigenvalue weighted by atomic mass is 16.5. The van der Waals surface area contributed by atoms with E-state index in [4.69, 9.17) is 0 Å². The average molecular weight is 186 g/mol.